The molecule has 0 saturated heterocycles. The van der Waals surface area contributed by atoms with Gasteiger partial charge in [0.1, 0.15) is 18.1 Å². The van der Waals surface area contributed by atoms with Crippen LogP contribution in [-0.4, -0.2) is 81.3 Å². The van der Waals surface area contributed by atoms with Crippen molar-refractivity contribution in [3.05, 3.63) is 36.0 Å². The summed E-state index contributed by atoms with van der Waals surface area (Å²) in [6.07, 6.45) is 1.07. The maximum atomic E-state index is 13.1. The number of aromatic amines is 1. The minimum atomic E-state index is -1.44. The molecule has 4 atom stereocenters. The molecule has 36 heavy (non-hydrogen) atoms. The lowest BCUT2D eigenvalue weighted by Crippen LogP contribution is -2.58. The summed E-state index contributed by atoms with van der Waals surface area (Å²) in [5.74, 6) is -4.59. The van der Waals surface area contributed by atoms with Crippen molar-refractivity contribution >= 4 is 53.1 Å². The minimum Gasteiger partial charge on any atom is -0.480 e. The normalized spacial score (nSPS) is 14.3. The largest absolute Gasteiger partial charge is 0.480 e. The predicted molar refractivity (Wildman–Crippen MR) is 133 cm³/mol. The van der Waals surface area contributed by atoms with E-state index in [4.69, 9.17) is 11.5 Å². The monoisotopic (exact) mass is 522 g/mol. The Morgan fingerprint density at radius 1 is 0.972 bits per heavy atom. The fraction of sp³-hybridized carbons (Fsp3) is 0.409. The van der Waals surface area contributed by atoms with E-state index in [1.165, 1.54) is 0 Å². The summed E-state index contributed by atoms with van der Waals surface area (Å²) >= 11 is 3.92. The van der Waals surface area contributed by atoms with Crippen LogP contribution in [0.5, 0.6) is 0 Å². The van der Waals surface area contributed by atoms with E-state index in [0.717, 1.165) is 10.9 Å². The number of rotatable bonds is 14. The van der Waals surface area contributed by atoms with Gasteiger partial charge in [0.15, 0.2) is 0 Å². The minimum absolute atomic E-state index is 0.000917. The number of thiol groups is 1. The van der Waals surface area contributed by atoms with Gasteiger partial charge in [0.2, 0.25) is 23.6 Å². The van der Waals surface area contributed by atoms with Gasteiger partial charge < -0.3 is 42.6 Å². The molecule has 4 amide bonds. The Hall–Kier alpha value is -3.62. The number of carbonyl (C=O) groups is 5. The number of hydrogen-bond acceptors (Lipinski definition) is 8. The average molecular weight is 523 g/mol. The molecule has 0 spiro atoms. The first-order valence-electron chi connectivity index (χ1n) is 11.0. The number of amides is 4. The van der Waals surface area contributed by atoms with Crippen molar-refractivity contribution in [2.45, 2.75) is 43.4 Å². The third kappa shape index (κ3) is 7.96. The maximum Gasteiger partial charge on any atom is 0.326 e. The number of aliphatic hydroxyl groups excluding tert-OH is 1. The number of aliphatic hydroxyl groups is 1. The van der Waals surface area contributed by atoms with Crippen molar-refractivity contribution in [1.82, 2.24) is 20.9 Å². The molecule has 0 saturated carbocycles. The Labute approximate surface area is 211 Å². The maximum absolute atomic E-state index is 13.1. The number of carboxylic acid groups (broad SMARTS) is 1. The summed E-state index contributed by atoms with van der Waals surface area (Å²) in [6.45, 7) is -0.783. The second kappa shape index (κ2) is 13.5. The Kier molecular flexibility index (Phi) is 10.7. The second-order valence-corrected chi connectivity index (χ2v) is 8.43. The molecule has 1 heterocycles. The molecule has 4 unspecified atom stereocenters. The van der Waals surface area contributed by atoms with Crippen LogP contribution in [0.4, 0.5) is 0 Å². The van der Waals surface area contributed by atoms with E-state index < -0.39 is 60.4 Å². The van der Waals surface area contributed by atoms with Crippen LogP contribution >= 0.6 is 12.6 Å². The van der Waals surface area contributed by atoms with Crippen molar-refractivity contribution in [1.29, 1.82) is 0 Å². The van der Waals surface area contributed by atoms with Crippen LogP contribution in [0.15, 0.2) is 30.5 Å². The van der Waals surface area contributed by atoms with Crippen LogP contribution in [-0.2, 0) is 30.4 Å². The molecule has 13 nitrogen and oxygen atoms in total. The van der Waals surface area contributed by atoms with Crippen LogP contribution < -0.4 is 27.4 Å². The highest BCUT2D eigenvalue weighted by atomic mass is 32.1. The van der Waals surface area contributed by atoms with Crippen LogP contribution in [0, 0.1) is 0 Å². The van der Waals surface area contributed by atoms with E-state index in [1.54, 1.807) is 18.3 Å². The van der Waals surface area contributed by atoms with Gasteiger partial charge in [-0.15, -0.1) is 0 Å². The second-order valence-electron chi connectivity index (χ2n) is 8.06. The van der Waals surface area contributed by atoms with Crippen molar-refractivity contribution in [2.75, 3.05) is 12.4 Å². The van der Waals surface area contributed by atoms with Gasteiger partial charge in [-0.1, -0.05) is 18.2 Å². The van der Waals surface area contributed by atoms with Crippen LogP contribution in [0.1, 0.15) is 18.4 Å². The molecule has 0 aliphatic carbocycles. The van der Waals surface area contributed by atoms with Gasteiger partial charge in [-0.2, -0.15) is 12.6 Å². The SMILES string of the molecule is NC(=O)CCC(NC(=O)C(Cc1c[nH]c2ccccc12)NC(=O)C(CO)NC(=O)C(N)CS)C(=O)O. The Bertz CT molecular complexity index is 1110. The molecule has 10 N–H and O–H groups in total. The lowest BCUT2D eigenvalue weighted by molar-refractivity contribution is -0.142. The van der Waals surface area contributed by atoms with Crippen LogP contribution in [0.2, 0.25) is 0 Å². The molecule has 1 aromatic heterocycles. The van der Waals surface area contributed by atoms with Gasteiger partial charge in [0.25, 0.3) is 0 Å². The third-order valence-corrected chi connectivity index (χ3v) is 5.77. The first-order valence-corrected chi connectivity index (χ1v) is 11.6. The van der Waals surface area contributed by atoms with E-state index in [1.807, 2.05) is 12.1 Å². The lowest BCUT2D eigenvalue weighted by atomic mass is 10.0. The number of para-hydroxylation sites is 1. The standard InChI is InChI=1S/C22H30N6O7S/c23-13(10-36)19(31)28-17(9-29)21(33)27-16(7-11-8-25-14-4-2-1-3-12(11)14)20(32)26-15(22(34)35)5-6-18(24)30/h1-4,8,13,15-17,25,29,36H,5-7,9-10,23H2,(H2,24,30)(H,26,32)(H,27,33)(H,28,31)(H,34,35). The fourth-order valence-corrected chi connectivity index (χ4v) is 3.54. The van der Waals surface area contributed by atoms with Gasteiger partial charge >= 0.3 is 5.97 Å². The highest BCUT2D eigenvalue weighted by Crippen LogP contribution is 2.19. The molecular formula is C22H30N6O7S. The van der Waals surface area contributed by atoms with Gasteiger partial charge in [-0.05, 0) is 18.1 Å². The molecule has 0 radical (unpaired) electrons. The number of H-pyrrole nitrogens is 1. The Morgan fingerprint density at radius 2 is 1.58 bits per heavy atom. The van der Waals surface area contributed by atoms with Crippen LogP contribution in [0.25, 0.3) is 10.9 Å². The third-order valence-electron chi connectivity index (χ3n) is 5.37. The highest BCUT2D eigenvalue weighted by molar-refractivity contribution is 7.80. The van der Waals surface area contributed by atoms with Crippen LogP contribution in [0.3, 0.4) is 0 Å². The van der Waals surface area contributed by atoms with Crippen molar-refractivity contribution in [3.8, 4) is 0 Å². The summed E-state index contributed by atoms with van der Waals surface area (Å²) < 4.78 is 0. The highest BCUT2D eigenvalue weighted by Gasteiger charge is 2.30. The summed E-state index contributed by atoms with van der Waals surface area (Å²) in [5, 5.41) is 26.9. The zero-order valence-electron chi connectivity index (χ0n) is 19.3. The molecule has 0 aliphatic heterocycles. The number of hydrogen-bond donors (Lipinski definition) is 9. The number of carbonyl (C=O) groups excluding carboxylic acids is 4. The smallest absolute Gasteiger partial charge is 0.326 e. The van der Waals surface area contributed by atoms with Crippen molar-refractivity contribution in [2.24, 2.45) is 11.5 Å². The molecule has 2 rings (SSSR count). The quantitative estimate of drug-likeness (QED) is 0.123. The lowest BCUT2D eigenvalue weighted by Gasteiger charge is -2.24. The summed E-state index contributed by atoms with van der Waals surface area (Å²) in [4.78, 5) is 63.7. The van der Waals surface area contributed by atoms with Gasteiger partial charge in [-0.3, -0.25) is 19.2 Å². The molecular weight excluding hydrogens is 492 g/mol. The molecule has 0 fully saturated rings. The van der Waals surface area contributed by atoms with E-state index in [-0.39, 0.29) is 25.0 Å². The number of nitrogens with two attached hydrogens (primary N) is 2. The van der Waals surface area contributed by atoms with E-state index >= 15 is 0 Å². The van der Waals surface area contributed by atoms with E-state index in [2.05, 4.69) is 33.6 Å². The molecule has 14 heteroatoms. The number of primary amides is 1. The molecule has 1 aromatic carbocycles. The van der Waals surface area contributed by atoms with Gasteiger partial charge in [0.05, 0.1) is 12.6 Å². The number of aromatic nitrogens is 1. The van der Waals surface area contributed by atoms with E-state index in [9.17, 15) is 34.2 Å². The molecule has 0 bridgehead atoms. The van der Waals surface area contributed by atoms with Gasteiger partial charge in [0, 0.05) is 35.7 Å². The summed E-state index contributed by atoms with van der Waals surface area (Å²) in [6, 6.07) is 2.05. The average Bonchev–Trinajstić information content (AvgIpc) is 3.26. The van der Waals surface area contributed by atoms with Crippen molar-refractivity contribution in [3.63, 3.8) is 0 Å². The Morgan fingerprint density at radius 3 is 2.19 bits per heavy atom. The Balaban J connectivity index is 2.27. The number of aliphatic carboxylic acids is 1. The summed E-state index contributed by atoms with van der Waals surface area (Å²) in [5.41, 5.74) is 12.1. The first-order chi connectivity index (χ1) is 17.1. The zero-order valence-corrected chi connectivity index (χ0v) is 20.2. The first kappa shape index (κ1) is 28.6. The van der Waals surface area contributed by atoms with Crippen molar-refractivity contribution < 1.29 is 34.2 Å². The number of carboxylic acids is 1. The topological polar surface area (TPSA) is 230 Å². The number of fused-ring (bicyclic) bond motifs is 1. The summed E-state index contributed by atoms with van der Waals surface area (Å²) in [7, 11) is 0. The molecule has 196 valence electrons. The van der Waals surface area contributed by atoms with Gasteiger partial charge in [-0.25, -0.2) is 4.79 Å². The number of nitrogens with one attached hydrogen (secondary N) is 4. The fourth-order valence-electron chi connectivity index (χ4n) is 3.37. The zero-order chi connectivity index (χ0) is 26.8. The molecule has 0 aliphatic rings. The molecule has 2 aromatic rings. The number of benzene rings is 1. The van der Waals surface area contributed by atoms with E-state index in [0.29, 0.717) is 5.56 Å². The predicted octanol–water partition coefficient (Wildman–Crippen LogP) is -2.24.